The number of allylic oxidation sites excluding steroid dienone is 2. The lowest BCUT2D eigenvalue weighted by Gasteiger charge is -2.11. The van der Waals surface area contributed by atoms with Crippen LogP contribution in [0.1, 0.15) is 39.5 Å². The highest BCUT2D eigenvalue weighted by Gasteiger charge is 2.07. The number of carbonyl (C=O) groups excluding carboxylic acids is 1. The summed E-state index contributed by atoms with van der Waals surface area (Å²) in [6.07, 6.45) is 10.1. The molecule has 0 fully saturated rings. The van der Waals surface area contributed by atoms with Crippen LogP contribution >= 0.6 is 0 Å². The summed E-state index contributed by atoms with van der Waals surface area (Å²) in [5, 5.41) is 3.99. The molecule has 1 amide bonds. The Bertz CT molecular complexity index is 256. The Kier molecular flexibility index (Phi) is 5.08. The third-order valence-electron chi connectivity index (χ3n) is 2.38. The van der Waals surface area contributed by atoms with Crippen molar-refractivity contribution in [2.45, 2.75) is 39.5 Å². The monoisotopic (exact) mass is 208 g/mol. The van der Waals surface area contributed by atoms with Crippen LogP contribution in [0, 0.1) is 11.8 Å². The number of amides is 1. The maximum absolute atomic E-state index is 11.3. The minimum absolute atomic E-state index is 0.00704. The summed E-state index contributed by atoms with van der Waals surface area (Å²) in [5.41, 5.74) is 2.57. The van der Waals surface area contributed by atoms with Crippen molar-refractivity contribution in [2.24, 2.45) is 16.9 Å². The third kappa shape index (κ3) is 5.35. The minimum Gasteiger partial charge on any atom is -0.273 e. The first-order chi connectivity index (χ1) is 7.18. The SMILES string of the molecule is CC(C)CC(=O)NN=CC1CC=CCC1. The van der Waals surface area contributed by atoms with E-state index in [0.29, 0.717) is 18.3 Å². The summed E-state index contributed by atoms with van der Waals surface area (Å²) in [6, 6.07) is 0. The standard InChI is InChI=1S/C12H20N2O/c1-10(2)8-12(15)14-13-9-11-6-4-3-5-7-11/h3-4,9-11H,5-8H2,1-2H3,(H,14,15). The van der Waals surface area contributed by atoms with E-state index >= 15 is 0 Å². The first-order valence-corrected chi connectivity index (χ1v) is 5.65. The lowest BCUT2D eigenvalue weighted by molar-refractivity contribution is -0.121. The van der Waals surface area contributed by atoms with Crippen molar-refractivity contribution in [3.63, 3.8) is 0 Å². The Morgan fingerprint density at radius 1 is 1.60 bits per heavy atom. The molecule has 0 aromatic carbocycles. The van der Waals surface area contributed by atoms with Gasteiger partial charge in [-0.25, -0.2) is 5.43 Å². The molecule has 0 bridgehead atoms. The lowest BCUT2D eigenvalue weighted by Crippen LogP contribution is -2.20. The highest BCUT2D eigenvalue weighted by Crippen LogP contribution is 2.15. The van der Waals surface area contributed by atoms with Gasteiger partial charge in [-0.05, 0) is 31.1 Å². The van der Waals surface area contributed by atoms with Gasteiger partial charge in [-0.3, -0.25) is 4.79 Å². The van der Waals surface area contributed by atoms with Crippen LogP contribution in [0.4, 0.5) is 0 Å². The average Bonchev–Trinajstić information content (AvgIpc) is 2.18. The fourth-order valence-electron chi connectivity index (χ4n) is 1.58. The first kappa shape index (κ1) is 12.0. The van der Waals surface area contributed by atoms with E-state index in [0.717, 1.165) is 19.3 Å². The Hall–Kier alpha value is -1.12. The number of hydrogen-bond acceptors (Lipinski definition) is 2. The molecule has 0 saturated heterocycles. The van der Waals surface area contributed by atoms with Crippen LogP contribution < -0.4 is 5.43 Å². The summed E-state index contributed by atoms with van der Waals surface area (Å²) in [7, 11) is 0. The molecule has 1 N–H and O–H groups in total. The molecule has 0 heterocycles. The Morgan fingerprint density at radius 3 is 3.00 bits per heavy atom. The van der Waals surface area contributed by atoms with E-state index in [2.05, 4.69) is 22.7 Å². The number of carbonyl (C=O) groups is 1. The molecule has 1 aliphatic rings. The van der Waals surface area contributed by atoms with Gasteiger partial charge in [0.15, 0.2) is 0 Å². The Labute approximate surface area is 91.6 Å². The molecule has 1 unspecified atom stereocenters. The molecule has 3 nitrogen and oxygen atoms in total. The second kappa shape index (κ2) is 6.38. The summed E-state index contributed by atoms with van der Waals surface area (Å²) in [6.45, 7) is 4.05. The average molecular weight is 208 g/mol. The summed E-state index contributed by atoms with van der Waals surface area (Å²) in [5.74, 6) is 0.889. The van der Waals surface area contributed by atoms with Gasteiger partial charge >= 0.3 is 0 Å². The topological polar surface area (TPSA) is 41.5 Å². The molecule has 0 spiro atoms. The quantitative estimate of drug-likeness (QED) is 0.430. The summed E-state index contributed by atoms with van der Waals surface area (Å²) < 4.78 is 0. The summed E-state index contributed by atoms with van der Waals surface area (Å²) in [4.78, 5) is 11.3. The van der Waals surface area contributed by atoms with Crippen LogP contribution in [-0.2, 0) is 4.79 Å². The molecule has 84 valence electrons. The number of hydrazone groups is 1. The molecule has 1 atom stereocenters. The van der Waals surface area contributed by atoms with Crippen LogP contribution in [0.15, 0.2) is 17.3 Å². The van der Waals surface area contributed by atoms with E-state index in [9.17, 15) is 4.79 Å². The highest BCUT2D eigenvalue weighted by molar-refractivity contribution is 5.77. The van der Waals surface area contributed by atoms with Gasteiger partial charge < -0.3 is 0 Å². The fourth-order valence-corrected chi connectivity index (χ4v) is 1.58. The number of nitrogens with zero attached hydrogens (tertiary/aromatic N) is 1. The van der Waals surface area contributed by atoms with Gasteiger partial charge in [0.1, 0.15) is 0 Å². The van der Waals surface area contributed by atoms with Gasteiger partial charge in [0, 0.05) is 12.6 Å². The van der Waals surface area contributed by atoms with Crippen molar-refractivity contribution in [1.82, 2.24) is 5.43 Å². The molecule has 0 aromatic rings. The molecule has 0 radical (unpaired) electrons. The predicted octanol–water partition coefficient (Wildman–Crippen LogP) is 2.49. The Balaban J connectivity index is 2.20. The van der Waals surface area contributed by atoms with Crippen molar-refractivity contribution >= 4 is 12.1 Å². The first-order valence-electron chi connectivity index (χ1n) is 5.65. The van der Waals surface area contributed by atoms with Crippen LogP contribution in [0.3, 0.4) is 0 Å². The zero-order chi connectivity index (χ0) is 11.1. The molecule has 0 aliphatic heterocycles. The van der Waals surface area contributed by atoms with Crippen LogP contribution in [0.5, 0.6) is 0 Å². The van der Waals surface area contributed by atoms with Crippen molar-refractivity contribution < 1.29 is 4.79 Å². The lowest BCUT2D eigenvalue weighted by atomic mass is 9.96. The highest BCUT2D eigenvalue weighted by atomic mass is 16.2. The zero-order valence-corrected chi connectivity index (χ0v) is 9.57. The van der Waals surface area contributed by atoms with Gasteiger partial charge in [-0.2, -0.15) is 5.10 Å². The minimum atomic E-state index is 0.00704. The smallest absolute Gasteiger partial charge is 0.240 e. The molecule has 0 aromatic heterocycles. The Morgan fingerprint density at radius 2 is 2.40 bits per heavy atom. The van der Waals surface area contributed by atoms with Crippen LogP contribution in [-0.4, -0.2) is 12.1 Å². The third-order valence-corrected chi connectivity index (χ3v) is 2.38. The van der Waals surface area contributed by atoms with Gasteiger partial charge in [-0.15, -0.1) is 0 Å². The van der Waals surface area contributed by atoms with Crippen molar-refractivity contribution in [3.8, 4) is 0 Å². The summed E-state index contributed by atoms with van der Waals surface area (Å²) >= 11 is 0. The van der Waals surface area contributed by atoms with E-state index in [1.807, 2.05) is 20.1 Å². The number of hydrogen-bond donors (Lipinski definition) is 1. The van der Waals surface area contributed by atoms with Crippen molar-refractivity contribution in [1.29, 1.82) is 0 Å². The van der Waals surface area contributed by atoms with Crippen molar-refractivity contribution in [2.75, 3.05) is 0 Å². The second-order valence-corrected chi connectivity index (χ2v) is 4.46. The van der Waals surface area contributed by atoms with E-state index in [-0.39, 0.29) is 5.91 Å². The molecule has 0 saturated carbocycles. The maximum atomic E-state index is 11.3. The van der Waals surface area contributed by atoms with E-state index in [1.165, 1.54) is 0 Å². The maximum Gasteiger partial charge on any atom is 0.240 e. The molecule has 3 heteroatoms. The fraction of sp³-hybridized carbons (Fsp3) is 0.667. The molecule has 1 rings (SSSR count). The zero-order valence-electron chi connectivity index (χ0n) is 9.57. The van der Waals surface area contributed by atoms with E-state index in [1.54, 1.807) is 0 Å². The van der Waals surface area contributed by atoms with E-state index in [4.69, 9.17) is 0 Å². The molecular formula is C12H20N2O. The van der Waals surface area contributed by atoms with Gasteiger partial charge in [0.2, 0.25) is 5.91 Å². The van der Waals surface area contributed by atoms with Gasteiger partial charge in [0.05, 0.1) is 0 Å². The van der Waals surface area contributed by atoms with Gasteiger partial charge in [-0.1, -0.05) is 26.0 Å². The largest absolute Gasteiger partial charge is 0.273 e. The molecule has 15 heavy (non-hydrogen) atoms. The molecular weight excluding hydrogens is 188 g/mol. The van der Waals surface area contributed by atoms with E-state index < -0.39 is 0 Å². The number of rotatable bonds is 4. The van der Waals surface area contributed by atoms with Crippen molar-refractivity contribution in [3.05, 3.63) is 12.2 Å². The van der Waals surface area contributed by atoms with Gasteiger partial charge in [0.25, 0.3) is 0 Å². The number of nitrogens with one attached hydrogen (secondary N) is 1. The normalized spacial score (nSPS) is 21.1. The second-order valence-electron chi connectivity index (χ2n) is 4.46. The van der Waals surface area contributed by atoms with Crippen LogP contribution in [0.2, 0.25) is 0 Å². The molecule has 1 aliphatic carbocycles. The predicted molar refractivity (Wildman–Crippen MR) is 62.6 cm³/mol. The van der Waals surface area contributed by atoms with Crippen LogP contribution in [0.25, 0.3) is 0 Å².